The molecule has 1 atom stereocenters. The highest BCUT2D eigenvalue weighted by Gasteiger charge is 2.22. The van der Waals surface area contributed by atoms with Gasteiger partial charge in [0, 0.05) is 34.0 Å². The zero-order valence-corrected chi connectivity index (χ0v) is 19.3. The molecule has 8 heteroatoms. The first-order valence-electron chi connectivity index (χ1n) is 10.7. The molecule has 7 nitrogen and oxygen atoms in total. The van der Waals surface area contributed by atoms with Crippen molar-refractivity contribution in [3.8, 4) is 0 Å². The second-order valence-electron chi connectivity index (χ2n) is 7.55. The van der Waals surface area contributed by atoms with Crippen molar-refractivity contribution in [1.82, 2.24) is 0 Å². The molecule has 0 fully saturated rings. The number of hydrogen-bond acceptors (Lipinski definition) is 5. The van der Waals surface area contributed by atoms with E-state index in [1.165, 1.54) is 36.0 Å². The van der Waals surface area contributed by atoms with Crippen molar-refractivity contribution in [1.29, 1.82) is 0 Å². The average Bonchev–Trinajstić information content (AvgIpc) is 2.89. The van der Waals surface area contributed by atoms with Gasteiger partial charge in [-0.15, -0.1) is 11.8 Å². The lowest BCUT2D eigenvalue weighted by Crippen LogP contribution is -2.19. The van der Waals surface area contributed by atoms with Gasteiger partial charge in [0.15, 0.2) is 0 Å². The van der Waals surface area contributed by atoms with Crippen molar-refractivity contribution in [2.24, 2.45) is 0 Å². The lowest BCUT2D eigenvalue weighted by Gasteiger charge is -2.17. The fraction of sp³-hybridized carbons (Fsp3) is 0.0370. The molecule has 174 valence electrons. The third kappa shape index (κ3) is 6.33. The van der Waals surface area contributed by atoms with Crippen LogP contribution in [0.15, 0.2) is 114 Å². The number of nitrogens with one attached hydrogen (secondary N) is 2. The molecular formula is C27H21N3O4S. The van der Waals surface area contributed by atoms with Crippen LogP contribution in [0, 0.1) is 10.1 Å². The summed E-state index contributed by atoms with van der Waals surface area (Å²) in [5, 5.41) is 16.2. The molecule has 0 aliphatic heterocycles. The molecule has 0 saturated heterocycles. The van der Waals surface area contributed by atoms with Crippen LogP contribution in [0.3, 0.4) is 0 Å². The van der Waals surface area contributed by atoms with Gasteiger partial charge in [0.05, 0.1) is 4.92 Å². The molecule has 1 unspecified atom stereocenters. The Labute approximate surface area is 206 Å². The smallest absolute Gasteiger partial charge is 0.270 e. The van der Waals surface area contributed by atoms with Gasteiger partial charge in [-0.25, -0.2) is 0 Å². The molecule has 0 aliphatic carbocycles. The third-order valence-electron chi connectivity index (χ3n) is 5.07. The van der Waals surface area contributed by atoms with E-state index < -0.39 is 16.1 Å². The Morgan fingerprint density at radius 1 is 0.743 bits per heavy atom. The number of carbonyl (C=O) groups is 2. The normalized spacial score (nSPS) is 11.3. The predicted molar refractivity (Wildman–Crippen MR) is 138 cm³/mol. The molecule has 0 bridgehead atoms. The van der Waals surface area contributed by atoms with Crippen LogP contribution in [0.1, 0.15) is 21.2 Å². The number of hydrogen-bond donors (Lipinski definition) is 2. The summed E-state index contributed by atoms with van der Waals surface area (Å²) in [6, 6.07) is 31.5. The number of thioether (sulfide) groups is 1. The van der Waals surface area contributed by atoms with E-state index in [9.17, 15) is 19.7 Å². The first kappa shape index (κ1) is 23.7. The number of nitrogens with zero attached hydrogens (tertiary/aromatic N) is 1. The van der Waals surface area contributed by atoms with Gasteiger partial charge >= 0.3 is 0 Å². The Morgan fingerprint density at radius 2 is 1.37 bits per heavy atom. The molecule has 0 saturated carbocycles. The zero-order chi connectivity index (χ0) is 24.6. The van der Waals surface area contributed by atoms with Crippen LogP contribution in [0.5, 0.6) is 0 Å². The highest BCUT2D eigenvalue weighted by atomic mass is 32.2. The predicted octanol–water partition coefficient (Wildman–Crippen LogP) is 6.32. The van der Waals surface area contributed by atoms with Crippen LogP contribution in [-0.2, 0) is 4.79 Å². The van der Waals surface area contributed by atoms with Gasteiger partial charge < -0.3 is 10.6 Å². The van der Waals surface area contributed by atoms with Gasteiger partial charge in [-0.1, -0.05) is 54.6 Å². The molecule has 0 spiro atoms. The van der Waals surface area contributed by atoms with Crippen LogP contribution in [0.25, 0.3) is 0 Å². The first-order valence-corrected chi connectivity index (χ1v) is 11.6. The maximum absolute atomic E-state index is 13.1. The Morgan fingerprint density at radius 3 is 2.03 bits per heavy atom. The molecule has 2 amide bonds. The third-order valence-corrected chi connectivity index (χ3v) is 6.33. The average molecular weight is 484 g/mol. The van der Waals surface area contributed by atoms with E-state index in [0.29, 0.717) is 5.69 Å². The summed E-state index contributed by atoms with van der Waals surface area (Å²) in [6.45, 7) is 0. The number of carbonyl (C=O) groups excluding carboxylic acids is 2. The maximum Gasteiger partial charge on any atom is 0.270 e. The monoisotopic (exact) mass is 483 g/mol. The van der Waals surface area contributed by atoms with Gasteiger partial charge in [-0.2, -0.15) is 0 Å². The molecule has 35 heavy (non-hydrogen) atoms. The fourth-order valence-corrected chi connectivity index (χ4v) is 4.37. The van der Waals surface area contributed by atoms with E-state index in [0.717, 1.165) is 16.1 Å². The Hall–Kier alpha value is -4.43. The van der Waals surface area contributed by atoms with E-state index in [4.69, 9.17) is 0 Å². The van der Waals surface area contributed by atoms with E-state index in [1.807, 2.05) is 72.8 Å². The minimum Gasteiger partial charge on any atom is -0.325 e. The number of nitro benzene ring substituents is 1. The van der Waals surface area contributed by atoms with Crippen LogP contribution in [0.2, 0.25) is 0 Å². The topological polar surface area (TPSA) is 101 Å². The summed E-state index contributed by atoms with van der Waals surface area (Å²) in [5.41, 5.74) is 2.17. The highest BCUT2D eigenvalue weighted by molar-refractivity contribution is 8.00. The first-order chi connectivity index (χ1) is 17.0. The molecule has 0 radical (unpaired) electrons. The lowest BCUT2D eigenvalue weighted by atomic mass is 10.1. The van der Waals surface area contributed by atoms with Gasteiger partial charge in [0.1, 0.15) is 5.25 Å². The Bertz CT molecular complexity index is 1330. The molecular weight excluding hydrogens is 462 g/mol. The largest absolute Gasteiger partial charge is 0.325 e. The second-order valence-corrected chi connectivity index (χ2v) is 8.73. The summed E-state index contributed by atoms with van der Waals surface area (Å²) < 4.78 is 0. The Kier molecular flexibility index (Phi) is 7.54. The summed E-state index contributed by atoms with van der Waals surface area (Å²) in [4.78, 5) is 36.9. The van der Waals surface area contributed by atoms with Crippen molar-refractivity contribution in [3.05, 3.63) is 130 Å². The maximum atomic E-state index is 13.1. The summed E-state index contributed by atoms with van der Waals surface area (Å²) in [7, 11) is 0. The minimum absolute atomic E-state index is 0.143. The number of benzene rings is 4. The molecule has 0 aromatic heterocycles. The number of para-hydroxylation sites is 1. The standard InChI is InChI=1S/C27H21N3O4S/c31-26(20-10-7-13-23(18-20)30(33)34)28-22-14-16-24(17-15-22)35-25(19-8-3-1-4-9-19)27(32)29-21-11-5-2-6-12-21/h1-18,25H,(H,28,31)(H,29,32). The quantitative estimate of drug-likeness (QED) is 0.173. The fourth-order valence-electron chi connectivity index (χ4n) is 3.35. The number of amides is 2. The number of rotatable bonds is 8. The highest BCUT2D eigenvalue weighted by Crippen LogP contribution is 2.36. The molecule has 4 rings (SSSR count). The molecule has 4 aromatic carbocycles. The van der Waals surface area contributed by atoms with Gasteiger partial charge in [0.25, 0.3) is 11.6 Å². The van der Waals surface area contributed by atoms with Gasteiger partial charge in [-0.05, 0) is 48.0 Å². The minimum atomic E-state index is -0.542. The van der Waals surface area contributed by atoms with Crippen molar-refractivity contribution >= 4 is 40.6 Å². The van der Waals surface area contributed by atoms with Crippen molar-refractivity contribution < 1.29 is 14.5 Å². The van der Waals surface area contributed by atoms with Crippen molar-refractivity contribution in [2.45, 2.75) is 10.1 Å². The van der Waals surface area contributed by atoms with Gasteiger partial charge in [0.2, 0.25) is 5.91 Å². The summed E-state index contributed by atoms with van der Waals surface area (Å²) in [6.07, 6.45) is 0. The number of non-ortho nitro benzene ring substituents is 1. The van der Waals surface area contributed by atoms with Crippen LogP contribution >= 0.6 is 11.8 Å². The van der Waals surface area contributed by atoms with Crippen molar-refractivity contribution in [2.75, 3.05) is 10.6 Å². The zero-order valence-electron chi connectivity index (χ0n) is 18.5. The summed E-state index contributed by atoms with van der Waals surface area (Å²) >= 11 is 1.40. The van der Waals surface area contributed by atoms with E-state index in [1.54, 1.807) is 12.1 Å². The van der Waals surface area contributed by atoms with E-state index in [-0.39, 0.29) is 17.2 Å². The van der Waals surface area contributed by atoms with E-state index >= 15 is 0 Å². The van der Waals surface area contributed by atoms with Crippen LogP contribution in [-0.4, -0.2) is 16.7 Å². The summed E-state index contributed by atoms with van der Waals surface area (Å²) in [5.74, 6) is -0.589. The molecule has 4 aromatic rings. The van der Waals surface area contributed by atoms with Crippen LogP contribution < -0.4 is 10.6 Å². The number of anilines is 2. The Balaban J connectivity index is 1.47. The van der Waals surface area contributed by atoms with Crippen LogP contribution in [0.4, 0.5) is 17.1 Å². The number of nitro groups is 1. The SMILES string of the molecule is O=C(Nc1ccc(SC(C(=O)Nc2ccccc2)c2ccccc2)cc1)c1cccc([N+](=O)[O-])c1. The lowest BCUT2D eigenvalue weighted by molar-refractivity contribution is -0.384. The van der Waals surface area contributed by atoms with Crippen molar-refractivity contribution in [3.63, 3.8) is 0 Å². The molecule has 2 N–H and O–H groups in total. The van der Waals surface area contributed by atoms with E-state index in [2.05, 4.69) is 10.6 Å². The van der Waals surface area contributed by atoms with Gasteiger partial charge in [-0.3, -0.25) is 19.7 Å². The molecule has 0 aliphatic rings. The molecule has 0 heterocycles. The second kappa shape index (κ2) is 11.1.